The van der Waals surface area contributed by atoms with E-state index in [9.17, 15) is 9.90 Å². The number of rotatable bonds is 2. The van der Waals surface area contributed by atoms with Gasteiger partial charge in [0.25, 0.3) is 0 Å². The molecule has 0 amide bonds. The number of aliphatic hydroxyl groups is 1. The molecule has 1 aliphatic carbocycles. The van der Waals surface area contributed by atoms with E-state index in [1.807, 2.05) is 0 Å². The Morgan fingerprint density at radius 2 is 2.10 bits per heavy atom. The summed E-state index contributed by atoms with van der Waals surface area (Å²) < 4.78 is -0.314. The molecule has 0 bridgehead atoms. The summed E-state index contributed by atoms with van der Waals surface area (Å²) in [7, 11) is 0. The molecule has 0 spiro atoms. The van der Waals surface area contributed by atoms with Crippen LogP contribution in [0.25, 0.3) is 0 Å². The summed E-state index contributed by atoms with van der Waals surface area (Å²) in [6, 6.07) is 0. The van der Waals surface area contributed by atoms with Crippen molar-refractivity contribution in [3.8, 4) is 0 Å². The number of hydrogen-bond acceptors (Lipinski definition) is 2. The quantitative estimate of drug-likeness (QED) is 0.692. The third-order valence-corrected chi connectivity index (χ3v) is 3.81. The Labute approximate surface area is 68.7 Å². The minimum absolute atomic E-state index is 0.165. The van der Waals surface area contributed by atoms with E-state index in [-0.39, 0.29) is 10.1 Å². The van der Waals surface area contributed by atoms with E-state index in [0.717, 1.165) is 12.8 Å². The van der Waals surface area contributed by atoms with Gasteiger partial charge < -0.3 is 5.11 Å². The van der Waals surface area contributed by atoms with Crippen LogP contribution in [0.4, 0.5) is 0 Å². The summed E-state index contributed by atoms with van der Waals surface area (Å²) in [4.78, 5) is 10.9. The van der Waals surface area contributed by atoms with Crippen molar-refractivity contribution in [2.24, 2.45) is 0 Å². The average Bonchev–Trinajstić information content (AvgIpc) is 2.48. The molecule has 0 heterocycles. The molecule has 2 nitrogen and oxygen atoms in total. The van der Waals surface area contributed by atoms with Gasteiger partial charge in [0.05, 0.1) is 4.32 Å². The van der Waals surface area contributed by atoms with Crippen LogP contribution in [-0.4, -0.2) is 20.8 Å². The number of ketones is 1. The molecule has 1 fully saturated rings. The second kappa shape index (κ2) is 2.05. The Morgan fingerprint density at radius 3 is 2.20 bits per heavy atom. The zero-order chi connectivity index (χ0) is 7.99. The van der Waals surface area contributed by atoms with Crippen LogP contribution in [0.3, 0.4) is 0 Å². The lowest BCUT2D eigenvalue weighted by Gasteiger charge is -2.25. The standard InChI is InChI=1S/C7H11BrO2/c1-5(9)6(2,10)7(8)3-4-7/h10H,3-4H2,1-2H3. The van der Waals surface area contributed by atoms with Gasteiger partial charge in [-0.05, 0) is 26.7 Å². The molecule has 0 aromatic carbocycles. The van der Waals surface area contributed by atoms with E-state index < -0.39 is 5.60 Å². The van der Waals surface area contributed by atoms with Gasteiger partial charge >= 0.3 is 0 Å². The maximum atomic E-state index is 10.9. The molecule has 1 aliphatic rings. The maximum Gasteiger partial charge on any atom is 0.162 e. The molecule has 10 heavy (non-hydrogen) atoms. The van der Waals surface area contributed by atoms with Gasteiger partial charge in [0, 0.05) is 0 Å². The van der Waals surface area contributed by atoms with Gasteiger partial charge in [0.1, 0.15) is 5.60 Å². The number of alkyl halides is 1. The molecule has 58 valence electrons. The lowest BCUT2D eigenvalue weighted by molar-refractivity contribution is -0.133. The molecular weight excluding hydrogens is 196 g/mol. The molecule has 0 radical (unpaired) electrons. The Morgan fingerprint density at radius 1 is 1.70 bits per heavy atom. The Hall–Kier alpha value is 0.110. The molecule has 1 atom stereocenters. The molecule has 1 rings (SSSR count). The molecule has 3 heteroatoms. The fourth-order valence-corrected chi connectivity index (χ4v) is 1.39. The molecule has 1 unspecified atom stereocenters. The van der Waals surface area contributed by atoms with Crippen molar-refractivity contribution in [2.75, 3.05) is 0 Å². The van der Waals surface area contributed by atoms with Crippen LogP contribution in [0.15, 0.2) is 0 Å². The van der Waals surface area contributed by atoms with Gasteiger partial charge in [-0.1, -0.05) is 15.9 Å². The Balaban J connectivity index is 2.77. The summed E-state index contributed by atoms with van der Waals surface area (Å²) in [5.41, 5.74) is -1.17. The largest absolute Gasteiger partial charge is 0.381 e. The third-order valence-electron chi connectivity index (χ3n) is 2.25. The lowest BCUT2D eigenvalue weighted by atomic mass is 9.96. The molecule has 0 aromatic rings. The van der Waals surface area contributed by atoms with E-state index >= 15 is 0 Å². The third kappa shape index (κ3) is 1.01. The first kappa shape index (κ1) is 8.21. The van der Waals surface area contributed by atoms with Crippen molar-refractivity contribution < 1.29 is 9.90 Å². The highest BCUT2D eigenvalue weighted by molar-refractivity contribution is 9.10. The highest BCUT2D eigenvalue weighted by Crippen LogP contribution is 2.52. The highest BCUT2D eigenvalue weighted by atomic mass is 79.9. The van der Waals surface area contributed by atoms with Crippen molar-refractivity contribution in [1.29, 1.82) is 0 Å². The van der Waals surface area contributed by atoms with E-state index in [0.29, 0.717) is 0 Å². The number of halogens is 1. The second-order valence-corrected chi connectivity index (χ2v) is 4.61. The fourth-order valence-electron chi connectivity index (χ4n) is 0.912. The van der Waals surface area contributed by atoms with Crippen molar-refractivity contribution in [2.45, 2.75) is 36.6 Å². The average molecular weight is 207 g/mol. The van der Waals surface area contributed by atoms with Crippen LogP contribution in [0.5, 0.6) is 0 Å². The zero-order valence-electron chi connectivity index (χ0n) is 6.15. The molecule has 0 saturated heterocycles. The predicted octanol–water partition coefficient (Wildman–Crippen LogP) is 1.25. The van der Waals surface area contributed by atoms with Crippen LogP contribution in [0.2, 0.25) is 0 Å². The number of hydrogen-bond donors (Lipinski definition) is 1. The van der Waals surface area contributed by atoms with Crippen LogP contribution in [0, 0.1) is 0 Å². The van der Waals surface area contributed by atoms with Crippen molar-refractivity contribution in [1.82, 2.24) is 0 Å². The molecule has 0 aliphatic heterocycles. The summed E-state index contributed by atoms with van der Waals surface area (Å²) in [5, 5.41) is 9.59. The van der Waals surface area contributed by atoms with Gasteiger partial charge in [-0.3, -0.25) is 4.79 Å². The molecule has 0 aromatic heterocycles. The second-order valence-electron chi connectivity index (χ2n) is 3.09. The molecule has 1 N–H and O–H groups in total. The first-order valence-corrected chi connectivity index (χ1v) is 4.12. The van der Waals surface area contributed by atoms with Crippen LogP contribution in [0.1, 0.15) is 26.7 Å². The van der Waals surface area contributed by atoms with Crippen LogP contribution >= 0.6 is 15.9 Å². The lowest BCUT2D eigenvalue weighted by Crippen LogP contribution is -2.43. The summed E-state index contributed by atoms with van der Waals surface area (Å²) >= 11 is 3.34. The maximum absolute atomic E-state index is 10.9. The van der Waals surface area contributed by atoms with E-state index in [4.69, 9.17) is 0 Å². The Bertz CT molecular complexity index is 170. The van der Waals surface area contributed by atoms with Crippen molar-refractivity contribution in [3.63, 3.8) is 0 Å². The van der Waals surface area contributed by atoms with Gasteiger partial charge in [0.15, 0.2) is 5.78 Å². The highest BCUT2D eigenvalue weighted by Gasteiger charge is 2.56. The first-order valence-electron chi connectivity index (χ1n) is 3.32. The normalized spacial score (nSPS) is 27.2. The van der Waals surface area contributed by atoms with Crippen LogP contribution < -0.4 is 0 Å². The van der Waals surface area contributed by atoms with Gasteiger partial charge in [-0.15, -0.1) is 0 Å². The van der Waals surface area contributed by atoms with Gasteiger partial charge in [-0.2, -0.15) is 0 Å². The molecular formula is C7H11BrO2. The minimum atomic E-state index is -1.17. The smallest absolute Gasteiger partial charge is 0.162 e. The first-order chi connectivity index (χ1) is 4.40. The summed E-state index contributed by atoms with van der Waals surface area (Å²) in [6.07, 6.45) is 1.78. The monoisotopic (exact) mass is 206 g/mol. The fraction of sp³-hybridized carbons (Fsp3) is 0.857. The van der Waals surface area contributed by atoms with Crippen molar-refractivity contribution in [3.05, 3.63) is 0 Å². The number of carbonyl (C=O) groups is 1. The zero-order valence-corrected chi connectivity index (χ0v) is 7.73. The summed E-state index contributed by atoms with van der Waals surface area (Å²) in [5.74, 6) is -0.165. The predicted molar refractivity (Wildman–Crippen MR) is 42.2 cm³/mol. The van der Waals surface area contributed by atoms with E-state index in [2.05, 4.69) is 15.9 Å². The van der Waals surface area contributed by atoms with Crippen molar-refractivity contribution >= 4 is 21.7 Å². The van der Waals surface area contributed by atoms with Gasteiger partial charge in [0.2, 0.25) is 0 Å². The number of Topliss-reactive ketones (excluding diaryl/α,β-unsaturated/α-hetero) is 1. The SMILES string of the molecule is CC(=O)C(C)(O)C1(Br)CC1. The molecule has 1 saturated carbocycles. The van der Waals surface area contributed by atoms with E-state index in [1.165, 1.54) is 6.92 Å². The topological polar surface area (TPSA) is 37.3 Å². The number of carbonyl (C=O) groups excluding carboxylic acids is 1. The van der Waals surface area contributed by atoms with Gasteiger partial charge in [-0.25, -0.2) is 0 Å². The van der Waals surface area contributed by atoms with Crippen LogP contribution in [-0.2, 0) is 4.79 Å². The summed E-state index contributed by atoms with van der Waals surface area (Å²) in [6.45, 7) is 2.98. The van der Waals surface area contributed by atoms with E-state index in [1.54, 1.807) is 6.92 Å². The Kier molecular flexibility index (Phi) is 1.68. The minimum Gasteiger partial charge on any atom is -0.381 e.